The molecule has 26 heavy (non-hydrogen) atoms. The van der Waals surface area contributed by atoms with Gasteiger partial charge in [-0.15, -0.1) is 16.4 Å². The molecular weight excluding hydrogens is 348 g/mol. The minimum absolute atomic E-state index is 0.369. The fourth-order valence-corrected chi connectivity index (χ4v) is 3.49. The van der Waals surface area contributed by atoms with Crippen molar-refractivity contribution in [1.82, 2.24) is 25.1 Å². The predicted molar refractivity (Wildman–Crippen MR) is 99.8 cm³/mol. The van der Waals surface area contributed by atoms with E-state index in [-0.39, 0.29) is 0 Å². The quantitative estimate of drug-likeness (QED) is 0.392. The lowest BCUT2D eigenvalue weighted by Gasteiger charge is -2.15. The van der Waals surface area contributed by atoms with Gasteiger partial charge in [0, 0.05) is 24.2 Å². The van der Waals surface area contributed by atoms with Crippen molar-refractivity contribution in [3.63, 3.8) is 0 Å². The zero-order chi connectivity index (χ0) is 17.8. The van der Waals surface area contributed by atoms with Gasteiger partial charge in [-0.25, -0.2) is 9.97 Å². The molecule has 0 bridgehead atoms. The number of aromatic nitrogens is 5. The molecule has 0 fully saturated rings. The van der Waals surface area contributed by atoms with Crippen LogP contribution in [0.25, 0.3) is 21.3 Å². The van der Waals surface area contributed by atoms with Crippen LogP contribution in [0.5, 0.6) is 0 Å². The Bertz CT molecular complexity index is 953. The largest absolute Gasteiger partial charge is 0.391 e. The highest BCUT2D eigenvalue weighted by molar-refractivity contribution is 7.18. The van der Waals surface area contributed by atoms with E-state index in [1.54, 1.807) is 24.7 Å². The van der Waals surface area contributed by atoms with Crippen molar-refractivity contribution in [1.29, 1.82) is 0 Å². The summed E-state index contributed by atoms with van der Waals surface area (Å²) in [6.07, 6.45) is 9.58. The Hall–Kier alpha value is -3.00. The highest BCUT2D eigenvalue weighted by Crippen LogP contribution is 2.30. The molecule has 8 heteroatoms. The number of nitrogens with zero attached hydrogens (tertiary/aromatic N) is 6. The molecule has 0 saturated carbocycles. The fraction of sp³-hybridized carbons (Fsp3) is 0.222. The van der Waals surface area contributed by atoms with Crippen molar-refractivity contribution < 1.29 is 4.84 Å². The van der Waals surface area contributed by atoms with Crippen LogP contribution >= 0.6 is 11.3 Å². The standard InChI is InChI=1S/C18H16N6OS/c1-2-9-25-24-14-7-3-6-13-16(14)21-17(23-22-13)15-11-20-18(26-15)12-5-4-8-19-10-12/h2,4-5,8,10-11H,1,3,6-7,9H2/b24-14+. The van der Waals surface area contributed by atoms with Crippen LogP contribution in [-0.2, 0) is 11.3 Å². The number of thiazole rings is 1. The van der Waals surface area contributed by atoms with Crippen molar-refractivity contribution >= 4 is 17.0 Å². The monoisotopic (exact) mass is 364 g/mol. The Morgan fingerprint density at radius 2 is 2.23 bits per heavy atom. The SMILES string of the molecule is C=CCO/N=C1\CCCc2nnc(-c3cnc(-c4cccnc4)s3)nc21. The molecule has 0 N–H and O–H groups in total. The van der Waals surface area contributed by atoms with E-state index in [2.05, 4.69) is 31.9 Å². The van der Waals surface area contributed by atoms with Crippen molar-refractivity contribution in [2.75, 3.05) is 6.61 Å². The summed E-state index contributed by atoms with van der Waals surface area (Å²) in [5.41, 5.74) is 3.40. The Morgan fingerprint density at radius 3 is 3.08 bits per heavy atom. The Labute approximate surface area is 154 Å². The van der Waals surface area contributed by atoms with Crippen molar-refractivity contribution in [2.24, 2.45) is 5.16 Å². The zero-order valence-corrected chi connectivity index (χ0v) is 14.8. The van der Waals surface area contributed by atoms with Crippen LogP contribution in [0.4, 0.5) is 0 Å². The second-order valence-corrected chi connectivity index (χ2v) is 6.71. The number of hydrogen-bond donors (Lipinski definition) is 0. The third kappa shape index (κ3) is 3.36. The smallest absolute Gasteiger partial charge is 0.194 e. The first-order valence-electron chi connectivity index (χ1n) is 8.25. The summed E-state index contributed by atoms with van der Waals surface area (Å²) in [6, 6.07) is 3.86. The summed E-state index contributed by atoms with van der Waals surface area (Å²) in [5.74, 6) is 0.551. The Balaban J connectivity index is 1.67. The van der Waals surface area contributed by atoms with Gasteiger partial charge >= 0.3 is 0 Å². The molecule has 130 valence electrons. The van der Waals surface area contributed by atoms with Crippen molar-refractivity contribution in [2.45, 2.75) is 19.3 Å². The van der Waals surface area contributed by atoms with E-state index in [0.29, 0.717) is 12.4 Å². The highest BCUT2D eigenvalue weighted by Gasteiger charge is 2.22. The van der Waals surface area contributed by atoms with Gasteiger partial charge in [0.1, 0.15) is 23.0 Å². The van der Waals surface area contributed by atoms with Crippen LogP contribution in [0.15, 0.2) is 48.5 Å². The maximum atomic E-state index is 5.25. The normalized spacial score (nSPS) is 14.8. The average Bonchev–Trinajstić information content (AvgIpc) is 3.19. The van der Waals surface area contributed by atoms with E-state index in [9.17, 15) is 0 Å². The number of pyridine rings is 1. The lowest BCUT2D eigenvalue weighted by Crippen LogP contribution is -2.18. The molecule has 0 atom stereocenters. The third-order valence-corrected chi connectivity index (χ3v) is 4.90. The fourth-order valence-electron chi connectivity index (χ4n) is 2.65. The molecule has 3 heterocycles. The molecule has 0 aromatic carbocycles. The molecular formula is C18H16N6OS. The van der Waals surface area contributed by atoms with Gasteiger partial charge in [-0.2, -0.15) is 5.10 Å². The summed E-state index contributed by atoms with van der Waals surface area (Å²) >= 11 is 1.51. The maximum absolute atomic E-state index is 5.25. The minimum Gasteiger partial charge on any atom is -0.391 e. The molecule has 0 spiro atoms. The third-order valence-electron chi connectivity index (χ3n) is 3.86. The van der Waals surface area contributed by atoms with Crippen LogP contribution in [0.1, 0.15) is 24.2 Å². The van der Waals surface area contributed by atoms with E-state index in [0.717, 1.165) is 51.8 Å². The lowest BCUT2D eigenvalue weighted by atomic mass is 9.99. The van der Waals surface area contributed by atoms with Gasteiger partial charge in [-0.3, -0.25) is 4.98 Å². The first kappa shape index (κ1) is 16.5. The average molecular weight is 364 g/mol. The number of oxime groups is 1. The van der Waals surface area contributed by atoms with Gasteiger partial charge in [0.25, 0.3) is 0 Å². The van der Waals surface area contributed by atoms with E-state index >= 15 is 0 Å². The minimum atomic E-state index is 0.369. The van der Waals surface area contributed by atoms with Crippen LogP contribution in [0.2, 0.25) is 0 Å². The molecule has 0 saturated heterocycles. The van der Waals surface area contributed by atoms with Crippen LogP contribution in [0, 0.1) is 0 Å². The number of hydrogen-bond acceptors (Lipinski definition) is 8. The molecule has 4 rings (SSSR count). The summed E-state index contributed by atoms with van der Waals surface area (Å²) in [6.45, 7) is 4.00. The Kier molecular flexibility index (Phi) is 4.74. The molecule has 3 aromatic heterocycles. The molecule has 7 nitrogen and oxygen atoms in total. The first-order valence-corrected chi connectivity index (χ1v) is 9.07. The molecule has 1 aliphatic rings. The van der Waals surface area contributed by atoms with E-state index in [1.165, 1.54) is 11.3 Å². The van der Waals surface area contributed by atoms with E-state index in [1.807, 2.05) is 12.1 Å². The molecule has 0 radical (unpaired) electrons. The van der Waals surface area contributed by atoms with Crippen molar-refractivity contribution in [3.05, 3.63) is 54.8 Å². The van der Waals surface area contributed by atoms with Gasteiger partial charge in [0.2, 0.25) is 0 Å². The van der Waals surface area contributed by atoms with Crippen LogP contribution < -0.4 is 0 Å². The van der Waals surface area contributed by atoms with E-state index in [4.69, 9.17) is 9.82 Å². The molecule has 1 aliphatic carbocycles. The predicted octanol–water partition coefficient (Wildman–Crippen LogP) is 3.30. The molecule has 3 aromatic rings. The van der Waals surface area contributed by atoms with Gasteiger partial charge in [0.15, 0.2) is 5.82 Å². The second-order valence-electron chi connectivity index (χ2n) is 5.68. The Morgan fingerprint density at radius 1 is 1.27 bits per heavy atom. The van der Waals surface area contributed by atoms with Gasteiger partial charge in [-0.05, 0) is 31.4 Å². The molecule has 0 unspecified atom stereocenters. The second kappa shape index (κ2) is 7.49. The summed E-state index contributed by atoms with van der Waals surface area (Å²) in [4.78, 5) is 19.4. The highest BCUT2D eigenvalue weighted by atomic mass is 32.1. The van der Waals surface area contributed by atoms with Crippen molar-refractivity contribution in [3.8, 4) is 21.3 Å². The summed E-state index contributed by atoms with van der Waals surface area (Å²) in [7, 11) is 0. The topological polar surface area (TPSA) is 86.0 Å². The van der Waals surface area contributed by atoms with Gasteiger partial charge < -0.3 is 4.84 Å². The zero-order valence-electron chi connectivity index (χ0n) is 14.0. The van der Waals surface area contributed by atoms with E-state index < -0.39 is 0 Å². The summed E-state index contributed by atoms with van der Waals surface area (Å²) < 4.78 is 0. The van der Waals surface area contributed by atoms with Crippen LogP contribution in [0.3, 0.4) is 0 Å². The number of rotatable bonds is 5. The number of fused-ring (bicyclic) bond motifs is 1. The maximum Gasteiger partial charge on any atom is 0.194 e. The molecule has 0 amide bonds. The van der Waals surface area contributed by atoms with Crippen LogP contribution in [-0.4, -0.2) is 37.5 Å². The van der Waals surface area contributed by atoms with Gasteiger partial charge in [0.05, 0.1) is 10.6 Å². The first-order chi connectivity index (χ1) is 12.8. The summed E-state index contributed by atoms with van der Waals surface area (Å²) in [5, 5.41) is 13.7. The number of aryl methyl sites for hydroxylation is 1. The van der Waals surface area contributed by atoms with Gasteiger partial charge in [-0.1, -0.05) is 17.8 Å². The lowest BCUT2D eigenvalue weighted by molar-refractivity contribution is 0.174. The molecule has 0 aliphatic heterocycles.